The normalized spacial score (nSPS) is 16.2. The van der Waals surface area contributed by atoms with Crippen LogP contribution in [0.25, 0.3) is 0 Å². The zero-order chi connectivity index (χ0) is 17.6. The maximum absolute atomic E-state index is 12.7. The van der Waals surface area contributed by atoms with E-state index in [0.29, 0.717) is 51.6 Å². The number of nitrogens with zero attached hydrogens (tertiary/aromatic N) is 2. The van der Waals surface area contributed by atoms with Crippen LogP contribution in [0.2, 0.25) is 0 Å². The van der Waals surface area contributed by atoms with Gasteiger partial charge in [0.2, 0.25) is 15.9 Å². The molecule has 1 heterocycles. The smallest absolute Gasteiger partial charge is 0.243 e. The van der Waals surface area contributed by atoms with Gasteiger partial charge in [-0.05, 0) is 31.2 Å². The molecule has 0 bridgehead atoms. The molecule has 0 radical (unpaired) electrons. The van der Waals surface area contributed by atoms with E-state index >= 15 is 0 Å². The summed E-state index contributed by atoms with van der Waals surface area (Å²) in [4.78, 5) is 13.9. The molecule has 1 aliphatic heterocycles. The fraction of sp³-hybridized carbons (Fsp3) is 0.562. The Morgan fingerprint density at radius 2 is 1.75 bits per heavy atom. The van der Waals surface area contributed by atoms with E-state index in [1.807, 2.05) is 6.92 Å². The van der Waals surface area contributed by atoms with Crippen molar-refractivity contribution in [2.24, 2.45) is 0 Å². The average molecular weight is 356 g/mol. The highest BCUT2D eigenvalue weighted by Gasteiger charge is 2.29. The third-order valence-corrected chi connectivity index (χ3v) is 5.80. The topological polar surface area (TPSA) is 76.2 Å². The van der Waals surface area contributed by atoms with Crippen LogP contribution in [0.3, 0.4) is 0 Å². The van der Waals surface area contributed by atoms with Crippen molar-refractivity contribution in [3.8, 4) is 5.75 Å². The molecular formula is C16H24N2O5S. The SMILES string of the molecule is CCOc1ccc(S(=O)(=O)N2CCN(C(=O)CCOC)CC2)cc1. The van der Waals surface area contributed by atoms with Crippen LogP contribution in [0, 0.1) is 0 Å². The van der Waals surface area contributed by atoms with Crippen molar-refractivity contribution in [3.05, 3.63) is 24.3 Å². The first-order valence-corrected chi connectivity index (χ1v) is 9.42. The van der Waals surface area contributed by atoms with Gasteiger partial charge in [-0.2, -0.15) is 4.31 Å². The number of carbonyl (C=O) groups excluding carboxylic acids is 1. The molecular weight excluding hydrogens is 332 g/mol. The number of rotatable bonds is 7. The van der Waals surface area contributed by atoms with Gasteiger partial charge >= 0.3 is 0 Å². The van der Waals surface area contributed by atoms with Gasteiger partial charge in [-0.3, -0.25) is 4.79 Å². The summed E-state index contributed by atoms with van der Waals surface area (Å²) in [6.07, 6.45) is 0.322. The van der Waals surface area contributed by atoms with E-state index < -0.39 is 10.0 Å². The first-order valence-electron chi connectivity index (χ1n) is 7.98. The van der Waals surface area contributed by atoms with Gasteiger partial charge in [0.05, 0.1) is 24.5 Å². The summed E-state index contributed by atoms with van der Waals surface area (Å²) < 4.78 is 37.0. The zero-order valence-corrected chi connectivity index (χ0v) is 14.9. The first-order chi connectivity index (χ1) is 11.5. The molecule has 1 aromatic rings. The zero-order valence-electron chi connectivity index (χ0n) is 14.1. The van der Waals surface area contributed by atoms with E-state index in [9.17, 15) is 13.2 Å². The minimum atomic E-state index is -3.54. The second-order valence-electron chi connectivity index (χ2n) is 5.43. The number of piperazine rings is 1. The van der Waals surface area contributed by atoms with Gasteiger partial charge in [-0.1, -0.05) is 0 Å². The molecule has 0 unspecified atom stereocenters. The third kappa shape index (κ3) is 4.46. The summed E-state index contributed by atoms with van der Waals surface area (Å²) in [5.74, 6) is 0.639. The second-order valence-corrected chi connectivity index (χ2v) is 7.37. The van der Waals surface area contributed by atoms with E-state index in [2.05, 4.69) is 0 Å². The van der Waals surface area contributed by atoms with Crippen LogP contribution in [0.4, 0.5) is 0 Å². The van der Waals surface area contributed by atoms with Crippen LogP contribution in [0.5, 0.6) is 5.75 Å². The van der Waals surface area contributed by atoms with Crippen molar-refractivity contribution in [1.82, 2.24) is 9.21 Å². The number of benzene rings is 1. The van der Waals surface area contributed by atoms with Crippen LogP contribution >= 0.6 is 0 Å². The Balaban J connectivity index is 1.98. The van der Waals surface area contributed by atoms with Gasteiger partial charge in [0.25, 0.3) is 0 Å². The van der Waals surface area contributed by atoms with E-state index in [0.717, 1.165) is 0 Å². The van der Waals surface area contributed by atoms with Crippen LogP contribution in [0.15, 0.2) is 29.2 Å². The highest BCUT2D eigenvalue weighted by molar-refractivity contribution is 7.89. The van der Waals surface area contributed by atoms with Gasteiger partial charge in [0.1, 0.15) is 5.75 Å². The molecule has 1 fully saturated rings. The van der Waals surface area contributed by atoms with Crippen molar-refractivity contribution in [1.29, 1.82) is 0 Å². The Kier molecular flexibility index (Phi) is 6.59. The summed E-state index contributed by atoms with van der Waals surface area (Å²) in [6, 6.07) is 6.41. The molecule has 0 spiro atoms. The van der Waals surface area contributed by atoms with Crippen LogP contribution in [-0.4, -0.2) is 70.0 Å². The lowest BCUT2D eigenvalue weighted by molar-refractivity contribution is -0.133. The van der Waals surface area contributed by atoms with Crippen LogP contribution in [0.1, 0.15) is 13.3 Å². The second kappa shape index (κ2) is 8.46. The standard InChI is InChI=1S/C16H24N2O5S/c1-3-23-14-4-6-15(7-5-14)24(20,21)18-11-9-17(10-12-18)16(19)8-13-22-2/h4-7H,3,8-13H2,1-2H3. The largest absolute Gasteiger partial charge is 0.494 e. The van der Waals surface area contributed by atoms with Crippen LogP contribution in [-0.2, 0) is 19.6 Å². The van der Waals surface area contributed by atoms with Gasteiger partial charge in [-0.15, -0.1) is 0 Å². The molecule has 0 atom stereocenters. The first kappa shape index (κ1) is 18.7. The number of ether oxygens (including phenoxy) is 2. The van der Waals surface area contributed by atoms with E-state index in [1.54, 1.807) is 36.3 Å². The molecule has 1 aliphatic rings. The van der Waals surface area contributed by atoms with E-state index in [-0.39, 0.29) is 10.8 Å². The monoisotopic (exact) mass is 356 g/mol. The summed E-state index contributed by atoms with van der Waals surface area (Å²) in [5.41, 5.74) is 0. The molecule has 1 saturated heterocycles. The van der Waals surface area contributed by atoms with Crippen molar-refractivity contribution in [2.45, 2.75) is 18.2 Å². The lowest BCUT2D eigenvalue weighted by Gasteiger charge is -2.34. The van der Waals surface area contributed by atoms with E-state index in [1.165, 1.54) is 4.31 Å². The van der Waals surface area contributed by atoms with Crippen molar-refractivity contribution in [3.63, 3.8) is 0 Å². The Bertz CT molecular complexity index is 637. The van der Waals surface area contributed by atoms with Gasteiger partial charge < -0.3 is 14.4 Å². The highest BCUT2D eigenvalue weighted by atomic mass is 32.2. The summed E-state index contributed by atoms with van der Waals surface area (Å²) in [5, 5.41) is 0. The number of amides is 1. The maximum atomic E-state index is 12.7. The summed E-state index contributed by atoms with van der Waals surface area (Å²) >= 11 is 0. The molecule has 0 saturated carbocycles. The quantitative estimate of drug-likeness (QED) is 0.727. The van der Waals surface area contributed by atoms with Gasteiger partial charge in [-0.25, -0.2) is 8.42 Å². The lowest BCUT2D eigenvalue weighted by Crippen LogP contribution is -2.50. The highest BCUT2D eigenvalue weighted by Crippen LogP contribution is 2.21. The average Bonchev–Trinajstić information content (AvgIpc) is 2.60. The van der Waals surface area contributed by atoms with Crippen LogP contribution < -0.4 is 4.74 Å². The molecule has 24 heavy (non-hydrogen) atoms. The molecule has 134 valence electrons. The number of hydrogen-bond donors (Lipinski definition) is 0. The number of methoxy groups -OCH3 is 1. The van der Waals surface area contributed by atoms with Gasteiger partial charge in [0.15, 0.2) is 0 Å². The predicted octanol–water partition coefficient (Wildman–Crippen LogP) is 0.955. The molecule has 8 heteroatoms. The molecule has 7 nitrogen and oxygen atoms in total. The van der Waals surface area contributed by atoms with Gasteiger partial charge in [0, 0.05) is 33.3 Å². The lowest BCUT2D eigenvalue weighted by atomic mass is 10.3. The number of sulfonamides is 1. The Hall–Kier alpha value is -1.64. The third-order valence-electron chi connectivity index (χ3n) is 3.88. The fourth-order valence-corrected chi connectivity index (χ4v) is 3.97. The number of carbonyl (C=O) groups is 1. The molecule has 1 amide bonds. The molecule has 0 aliphatic carbocycles. The number of hydrogen-bond acceptors (Lipinski definition) is 5. The Morgan fingerprint density at radius 3 is 2.29 bits per heavy atom. The van der Waals surface area contributed by atoms with Crippen molar-refractivity contribution < 1.29 is 22.7 Å². The molecule has 0 N–H and O–H groups in total. The molecule has 1 aromatic carbocycles. The van der Waals surface area contributed by atoms with Crippen molar-refractivity contribution in [2.75, 3.05) is 46.5 Å². The minimum absolute atomic E-state index is 0.00466. The fourth-order valence-electron chi connectivity index (χ4n) is 2.55. The molecule has 2 rings (SSSR count). The predicted molar refractivity (Wildman–Crippen MR) is 89.4 cm³/mol. The minimum Gasteiger partial charge on any atom is -0.494 e. The Morgan fingerprint density at radius 1 is 1.12 bits per heavy atom. The van der Waals surface area contributed by atoms with Crippen molar-refractivity contribution >= 4 is 15.9 Å². The molecule has 0 aromatic heterocycles. The maximum Gasteiger partial charge on any atom is 0.243 e. The Labute approximate surface area is 143 Å². The summed E-state index contributed by atoms with van der Waals surface area (Å²) in [6.45, 7) is 4.19. The summed E-state index contributed by atoms with van der Waals surface area (Å²) in [7, 11) is -1.99. The van der Waals surface area contributed by atoms with E-state index in [4.69, 9.17) is 9.47 Å².